The van der Waals surface area contributed by atoms with Gasteiger partial charge in [-0.05, 0) is 39.0 Å². The van der Waals surface area contributed by atoms with Gasteiger partial charge < -0.3 is 4.43 Å². The molecular formula is C16H27NOSi. The van der Waals surface area contributed by atoms with Gasteiger partial charge >= 0.3 is 8.48 Å². The van der Waals surface area contributed by atoms with Crippen molar-refractivity contribution in [1.29, 1.82) is 0 Å². The minimum absolute atomic E-state index is 0.182. The van der Waals surface area contributed by atoms with Gasteiger partial charge in [-0.3, -0.25) is 4.57 Å². The molecule has 1 aromatic rings. The topological polar surface area (TPSA) is 12.5 Å². The molecule has 0 radical (unpaired) electrons. The van der Waals surface area contributed by atoms with E-state index in [1.54, 1.807) is 0 Å². The first-order valence-electron chi connectivity index (χ1n) is 7.04. The molecule has 19 heavy (non-hydrogen) atoms. The Kier molecular flexibility index (Phi) is 5.53. The summed E-state index contributed by atoms with van der Waals surface area (Å²) in [6.45, 7) is 16.8. The number of rotatable bonds is 6. The van der Waals surface area contributed by atoms with Gasteiger partial charge in [0.2, 0.25) is 0 Å². The highest BCUT2D eigenvalue weighted by molar-refractivity contribution is 6.88. The molecule has 0 aliphatic carbocycles. The molecule has 0 aliphatic heterocycles. The molecule has 1 atom stereocenters. The number of hydrogen-bond donors (Lipinski definition) is 0. The van der Waals surface area contributed by atoms with Crippen molar-refractivity contribution in [3.05, 3.63) is 42.6 Å². The van der Waals surface area contributed by atoms with Crippen LogP contribution in [-0.2, 0) is 4.43 Å². The van der Waals surface area contributed by atoms with Crippen molar-refractivity contribution in [1.82, 2.24) is 4.57 Å². The smallest absolute Gasteiger partial charge is 0.331 e. The monoisotopic (exact) mass is 277 g/mol. The van der Waals surface area contributed by atoms with Gasteiger partial charge in [-0.25, -0.2) is 0 Å². The Morgan fingerprint density at radius 2 is 1.68 bits per heavy atom. The zero-order valence-corrected chi connectivity index (χ0v) is 13.9. The molecule has 0 aliphatic rings. The molecule has 0 aromatic heterocycles. The summed E-state index contributed by atoms with van der Waals surface area (Å²) in [7, 11) is -2.31. The highest BCUT2D eigenvalue weighted by Gasteiger charge is 2.43. The highest BCUT2D eigenvalue weighted by Crippen LogP contribution is 2.21. The van der Waals surface area contributed by atoms with E-state index in [-0.39, 0.29) is 5.60 Å². The summed E-state index contributed by atoms with van der Waals surface area (Å²) in [6, 6.07) is 10.5. The summed E-state index contributed by atoms with van der Waals surface area (Å²) in [6.07, 6.45) is 0. The van der Waals surface area contributed by atoms with Gasteiger partial charge in [0.25, 0.3) is 0 Å². The van der Waals surface area contributed by atoms with Gasteiger partial charge in [0.05, 0.1) is 0 Å². The Hall–Kier alpha value is -0.903. The van der Waals surface area contributed by atoms with E-state index in [1.807, 2.05) is 6.07 Å². The first-order chi connectivity index (χ1) is 8.89. The van der Waals surface area contributed by atoms with Crippen molar-refractivity contribution in [2.24, 2.45) is 0 Å². The van der Waals surface area contributed by atoms with Crippen molar-refractivity contribution >= 4 is 13.7 Å². The number of benzene rings is 1. The maximum Gasteiger partial charge on any atom is 0.331 e. The van der Waals surface area contributed by atoms with Crippen LogP contribution in [0.5, 0.6) is 0 Å². The standard InChI is InChI=1S/C16H27NOSi/c1-7-17(8-2)19(9-3,18-16(4,5)6)15-13-11-10-12-14-15/h9-14H,3,7-8H2,1-2,4-6H3. The van der Waals surface area contributed by atoms with Crippen molar-refractivity contribution < 1.29 is 4.43 Å². The summed E-state index contributed by atoms with van der Waals surface area (Å²) >= 11 is 0. The van der Waals surface area contributed by atoms with Crippen molar-refractivity contribution in [2.75, 3.05) is 13.1 Å². The molecule has 0 bridgehead atoms. The molecule has 0 heterocycles. The fourth-order valence-electron chi connectivity index (χ4n) is 2.43. The van der Waals surface area contributed by atoms with E-state index in [0.717, 1.165) is 13.1 Å². The minimum Gasteiger partial charge on any atom is -0.392 e. The average molecular weight is 277 g/mol. The zero-order valence-electron chi connectivity index (χ0n) is 12.9. The Morgan fingerprint density at radius 3 is 2.05 bits per heavy atom. The molecule has 0 saturated carbocycles. The van der Waals surface area contributed by atoms with E-state index in [4.69, 9.17) is 4.43 Å². The SMILES string of the molecule is C=C[Si](OC(C)(C)C)(c1ccccc1)N(CC)CC. The summed E-state index contributed by atoms with van der Waals surface area (Å²) in [5.41, 5.74) is 1.87. The quantitative estimate of drug-likeness (QED) is 0.740. The summed E-state index contributed by atoms with van der Waals surface area (Å²) < 4.78 is 8.98. The van der Waals surface area contributed by atoms with Gasteiger partial charge in [-0.2, -0.15) is 0 Å². The van der Waals surface area contributed by atoms with E-state index in [9.17, 15) is 0 Å². The molecule has 0 amide bonds. The fraction of sp³-hybridized carbons (Fsp3) is 0.500. The van der Waals surface area contributed by atoms with Crippen molar-refractivity contribution in [3.63, 3.8) is 0 Å². The summed E-state index contributed by atoms with van der Waals surface area (Å²) in [5, 5.41) is 1.27. The van der Waals surface area contributed by atoms with Gasteiger partial charge in [-0.15, -0.1) is 6.58 Å². The van der Waals surface area contributed by atoms with Crippen LogP contribution in [0.2, 0.25) is 0 Å². The molecule has 3 heteroatoms. The fourth-order valence-corrected chi connectivity index (χ4v) is 6.16. The zero-order chi connectivity index (χ0) is 14.5. The highest BCUT2D eigenvalue weighted by atomic mass is 28.4. The molecule has 106 valence electrons. The van der Waals surface area contributed by atoms with Crippen LogP contribution >= 0.6 is 0 Å². The van der Waals surface area contributed by atoms with Crippen LogP contribution in [0.1, 0.15) is 34.6 Å². The number of hydrogen-bond acceptors (Lipinski definition) is 2. The molecule has 0 N–H and O–H groups in total. The molecule has 2 nitrogen and oxygen atoms in total. The molecule has 1 unspecified atom stereocenters. The molecule has 0 fully saturated rings. The third-order valence-corrected chi connectivity index (χ3v) is 7.37. The van der Waals surface area contributed by atoms with Crippen molar-refractivity contribution in [2.45, 2.75) is 40.2 Å². The second kappa shape index (κ2) is 6.50. The predicted molar refractivity (Wildman–Crippen MR) is 85.8 cm³/mol. The molecule has 0 saturated heterocycles. The normalized spacial score (nSPS) is 15.3. The van der Waals surface area contributed by atoms with E-state index >= 15 is 0 Å². The van der Waals surface area contributed by atoms with Crippen LogP contribution < -0.4 is 5.19 Å². The maximum atomic E-state index is 6.55. The van der Waals surface area contributed by atoms with Crippen LogP contribution in [0.25, 0.3) is 0 Å². The first kappa shape index (κ1) is 16.2. The van der Waals surface area contributed by atoms with Crippen LogP contribution in [0.3, 0.4) is 0 Å². The lowest BCUT2D eigenvalue weighted by Gasteiger charge is -2.42. The minimum atomic E-state index is -2.31. The van der Waals surface area contributed by atoms with Crippen LogP contribution in [0, 0.1) is 0 Å². The van der Waals surface area contributed by atoms with Gasteiger partial charge in [0.15, 0.2) is 0 Å². The summed E-state index contributed by atoms with van der Waals surface area (Å²) in [5.74, 6) is 0. The second-order valence-electron chi connectivity index (χ2n) is 5.65. The van der Waals surface area contributed by atoms with Gasteiger partial charge in [0.1, 0.15) is 0 Å². The Morgan fingerprint density at radius 1 is 1.16 bits per heavy atom. The van der Waals surface area contributed by atoms with Gasteiger partial charge in [0, 0.05) is 5.60 Å². The van der Waals surface area contributed by atoms with E-state index in [0.29, 0.717) is 0 Å². The van der Waals surface area contributed by atoms with Crippen molar-refractivity contribution in [3.8, 4) is 0 Å². The van der Waals surface area contributed by atoms with E-state index in [1.165, 1.54) is 5.19 Å². The Labute approximate surface area is 119 Å². The van der Waals surface area contributed by atoms with Crippen LogP contribution in [0.15, 0.2) is 42.6 Å². The third-order valence-electron chi connectivity index (χ3n) is 3.16. The number of nitrogens with zero attached hydrogens (tertiary/aromatic N) is 1. The molecular weight excluding hydrogens is 250 g/mol. The third kappa shape index (κ3) is 3.78. The first-order valence-corrected chi connectivity index (χ1v) is 8.97. The second-order valence-corrected chi connectivity index (χ2v) is 8.87. The van der Waals surface area contributed by atoms with Crippen LogP contribution in [0.4, 0.5) is 0 Å². The Balaban J connectivity index is 3.33. The molecule has 0 spiro atoms. The lowest BCUT2D eigenvalue weighted by molar-refractivity contribution is 0.103. The van der Waals surface area contributed by atoms with Crippen LogP contribution in [-0.4, -0.2) is 31.7 Å². The van der Waals surface area contributed by atoms with E-state index in [2.05, 4.69) is 75.7 Å². The summed E-state index contributed by atoms with van der Waals surface area (Å²) in [4.78, 5) is 0. The predicted octanol–water partition coefficient (Wildman–Crippen LogP) is 3.22. The molecule has 1 rings (SSSR count). The lowest BCUT2D eigenvalue weighted by Crippen LogP contribution is -2.65. The largest absolute Gasteiger partial charge is 0.392 e. The maximum absolute atomic E-state index is 6.55. The average Bonchev–Trinajstić information content (AvgIpc) is 2.38. The Bertz CT molecular complexity index is 395. The van der Waals surface area contributed by atoms with E-state index < -0.39 is 8.48 Å². The lowest BCUT2D eigenvalue weighted by atomic mass is 10.2. The molecule has 1 aromatic carbocycles. The van der Waals surface area contributed by atoms with Gasteiger partial charge in [-0.1, -0.05) is 49.9 Å².